The molecule has 1 aromatic carbocycles. The number of carboxylic acids is 1. The molecule has 0 heterocycles. The number of aromatic carboxylic acids is 1. The number of benzene rings is 1. The second kappa shape index (κ2) is 4.43. The molecule has 0 aromatic heterocycles. The molecule has 0 aliphatic carbocycles. The van der Waals surface area contributed by atoms with Crippen LogP contribution in [0.5, 0.6) is 0 Å². The predicted molar refractivity (Wildman–Crippen MR) is 60.7 cm³/mol. The predicted octanol–water partition coefficient (Wildman–Crippen LogP) is 2.22. The van der Waals surface area contributed by atoms with Gasteiger partial charge in [-0.25, -0.2) is 13.2 Å². The van der Waals surface area contributed by atoms with Crippen LogP contribution in [0.4, 0.5) is 0 Å². The molecular formula is C10H11ClO4S. The lowest BCUT2D eigenvalue weighted by atomic mass is 10.2. The summed E-state index contributed by atoms with van der Waals surface area (Å²) >= 11 is 5.69. The van der Waals surface area contributed by atoms with E-state index in [1.165, 1.54) is 18.2 Å². The van der Waals surface area contributed by atoms with Crippen molar-refractivity contribution >= 4 is 27.4 Å². The van der Waals surface area contributed by atoms with Gasteiger partial charge in [0.2, 0.25) is 0 Å². The van der Waals surface area contributed by atoms with E-state index in [4.69, 9.17) is 16.7 Å². The van der Waals surface area contributed by atoms with Crippen molar-refractivity contribution in [1.29, 1.82) is 0 Å². The summed E-state index contributed by atoms with van der Waals surface area (Å²) in [6.45, 7) is 3.10. The summed E-state index contributed by atoms with van der Waals surface area (Å²) in [4.78, 5) is 10.7. The van der Waals surface area contributed by atoms with E-state index in [0.29, 0.717) is 0 Å². The SMILES string of the molecule is CC(C)S(=O)(=O)c1ccc(C(=O)O)c(Cl)c1. The molecule has 0 atom stereocenters. The van der Waals surface area contributed by atoms with E-state index >= 15 is 0 Å². The molecule has 1 aromatic rings. The van der Waals surface area contributed by atoms with E-state index in [1.807, 2.05) is 0 Å². The topological polar surface area (TPSA) is 71.4 Å². The van der Waals surface area contributed by atoms with Crippen LogP contribution in [0.2, 0.25) is 5.02 Å². The minimum absolute atomic E-state index is 0.0394. The number of halogens is 1. The number of carbonyl (C=O) groups is 1. The van der Waals surface area contributed by atoms with Crippen molar-refractivity contribution in [2.24, 2.45) is 0 Å². The highest BCUT2D eigenvalue weighted by Crippen LogP contribution is 2.23. The van der Waals surface area contributed by atoms with E-state index in [9.17, 15) is 13.2 Å². The molecule has 0 spiro atoms. The first kappa shape index (κ1) is 13.0. The van der Waals surface area contributed by atoms with Crippen LogP contribution in [0.1, 0.15) is 24.2 Å². The van der Waals surface area contributed by atoms with Crippen molar-refractivity contribution in [3.05, 3.63) is 28.8 Å². The summed E-state index contributed by atoms with van der Waals surface area (Å²) in [6.07, 6.45) is 0. The number of rotatable bonds is 3. The Morgan fingerprint density at radius 1 is 1.38 bits per heavy atom. The molecule has 0 saturated carbocycles. The fraction of sp³-hybridized carbons (Fsp3) is 0.300. The third kappa shape index (κ3) is 2.36. The van der Waals surface area contributed by atoms with Crippen LogP contribution in [-0.4, -0.2) is 24.7 Å². The number of hydrogen-bond donors (Lipinski definition) is 1. The molecular weight excluding hydrogens is 252 g/mol. The fourth-order valence-corrected chi connectivity index (χ4v) is 2.53. The first-order valence-corrected chi connectivity index (χ1v) is 6.46. The van der Waals surface area contributed by atoms with Crippen molar-refractivity contribution in [2.45, 2.75) is 24.0 Å². The minimum atomic E-state index is -3.42. The zero-order valence-electron chi connectivity index (χ0n) is 8.77. The molecule has 4 nitrogen and oxygen atoms in total. The maximum atomic E-state index is 11.8. The van der Waals surface area contributed by atoms with E-state index in [1.54, 1.807) is 13.8 Å². The molecule has 16 heavy (non-hydrogen) atoms. The molecule has 0 bridgehead atoms. The van der Waals surface area contributed by atoms with Gasteiger partial charge in [0.15, 0.2) is 9.84 Å². The van der Waals surface area contributed by atoms with Crippen LogP contribution in [0, 0.1) is 0 Å². The Balaban J connectivity index is 3.32. The van der Waals surface area contributed by atoms with Crippen molar-refractivity contribution in [2.75, 3.05) is 0 Å². The van der Waals surface area contributed by atoms with Gasteiger partial charge >= 0.3 is 5.97 Å². The molecule has 88 valence electrons. The first-order valence-electron chi connectivity index (χ1n) is 4.53. The summed E-state index contributed by atoms with van der Waals surface area (Å²) in [5, 5.41) is 8.09. The molecule has 0 aliphatic rings. The summed E-state index contributed by atoms with van der Waals surface area (Å²) in [6, 6.07) is 3.62. The zero-order valence-corrected chi connectivity index (χ0v) is 10.3. The zero-order chi connectivity index (χ0) is 12.5. The summed E-state index contributed by atoms with van der Waals surface area (Å²) in [5.74, 6) is -1.18. The van der Waals surface area contributed by atoms with Crippen molar-refractivity contribution < 1.29 is 18.3 Å². The second-order valence-corrected chi connectivity index (χ2v) is 6.45. The Morgan fingerprint density at radius 2 is 1.94 bits per heavy atom. The van der Waals surface area contributed by atoms with Crippen LogP contribution in [0.3, 0.4) is 0 Å². The first-order chi connectivity index (χ1) is 7.26. The molecule has 1 rings (SSSR count). The largest absolute Gasteiger partial charge is 0.478 e. The van der Waals surface area contributed by atoms with Crippen LogP contribution >= 0.6 is 11.6 Å². The molecule has 6 heteroatoms. The van der Waals surface area contributed by atoms with Crippen molar-refractivity contribution in [3.8, 4) is 0 Å². The van der Waals surface area contributed by atoms with Gasteiger partial charge in [-0.1, -0.05) is 11.6 Å². The minimum Gasteiger partial charge on any atom is -0.478 e. The highest BCUT2D eigenvalue weighted by Gasteiger charge is 2.21. The lowest BCUT2D eigenvalue weighted by Gasteiger charge is -2.08. The van der Waals surface area contributed by atoms with Gasteiger partial charge in [0, 0.05) is 0 Å². The molecule has 0 aliphatic heterocycles. The average Bonchev–Trinajstić information content (AvgIpc) is 2.16. The fourth-order valence-electron chi connectivity index (χ4n) is 1.12. The van der Waals surface area contributed by atoms with Crippen LogP contribution in [-0.2, 0) is 9.84 Å². The van der Waals surface area contributed by atoms with Gasteiger partial charge in [-0.15, -0.1) is 0 Å². The van der Waals surface area contributed by atoms with Gasteiger partial charge in [0.05, 0.1) is 20.7 Å². The Labute approximate surface area is 98.8 Å². The Hall–Kier alpha value is -1.07. The molecule has 0 radical (unpaired) electrons. The maximum absolute atomic E-state index is 11.8. The standard InChI is InChI=1S/C10H11ClO4S/c1-6(2)16(14,15)7-3-4-8(10(12)13)9(11)5-7/h3-6H,1-2H3,(H,12,13). The number of hydrogen-bond acceptors (Lipinski definition) is 3. The summed E-state index contributed by atoms with van der Waals surface area (Å²) < 4.78 is 23.5. The van der Waals surface area contributed by atoms with Crippen LogP contribution in [0.25, 0.3) is 0 Å². The maximum Gasteiger partial charge on any atom is 0.337 e. The number of carboxylic acid groups (broad SMARTS) is 1. The number of sulfone groups is 1. The highest BCUT2D eigenvalue weighted by atomic mass is 35.5. The van der Waals surface area contributed by atoms with Gasteiger partial charge in [-0.2, -0.15) is 0 Å². The van der Waals surface area contributed by atoms with Crippen molar-refractivity contribution in [1.82, 2.24) is 0 Å². The molecule has 0 saturated heterocycles. The lowest BCUT2D eigenvalue weighted by molar-refractivity contribution is 0.0697. The van der Waals surface area contributed by atoms with E-state index in [0.717, 1.165) is 0 Å². The van der Waals surface area contributed by atoms with E-state index in [2.05, 4.69) is 0 Å². The Bertz CT molecular complexity index is 520. The third-order valence-electron chi connectivity index (χ3n) is 2.12. The molecule has 0 fully saturated rings. The van der Waals surface area contributed by atoms with Crippen LogP contribution in [0.15, 0.2) is 23.1 Å². The van der Waals surface area contributed by atoms with Crippen LogP contribution < -0.4 is 0 Å². The van der Waals surface area contributed by atoms with Gasteiger partial charge in [0.25, 0.3) is 0 Å². The second-order valence-electron chi connectivity index (χ2n) is 3.54. The average molecular weight is 263 g/mol. The van der Waals surface area contributed by atoms with E-state index < -0.39 is 21.1 Å². The Morgan fingerprint density at radius 3 is 2.31 bits per heavy atom. The van der Waals surface area contributed by atoms with E-state index in [-0.39, 0.29) is 15.5 Å². The van der Waals surface area contributed by atoms with Gasteiger partial charge < -0.3 is 5.11 Å². The highest BCUT2D eigenvalue weighted by molar-refractivity contribution is 7.92. The normalized spacial score (nSPS) is 11.8. The van der Waals surface area contributed by atoms with Gasteiger partial charge in [0.1, 0.15) is 0 Å². The summed E-state index contributed by atoms with van der Waals surface area (Å²) in [7, 11) is -3.42. The molecule has 0 unspecified atom stereocenters. The monoisotopic (exact) mass is 262 g/mol. The third-order valence-corrected chi connectivity index (χ3v) is 4.59. The Kier molecular flexibility index (Phi) is 3.60. The van der Waals surface area contributed by atoms with Gasteiger partial charge in [-0.3, -0.25) is 0 Å². The summed E-state index contributed by atoms with van der Waals surface area (Å²) in [5.41, 5.74) is -0.107. The molecule has 1 N–H and O–H groups in total. The van der Waals surface area contributed by atoms with Crippen molar-refractivity contribution in [3.63, 3.8) is 0 Å². The quantitative estimate of drug-likeness (QED) is 0.907. The smallest absolute Gasteiger partial charge is 0.337 e. The lowest BCUT2D eigenvalue weighted by Crippen LogP contribution is -2.14. The van der Waals surface area contributed by atoms with Gasteiger partial charge in [-0.05, 0) is 32.0 Å². The molecule has 0 amide bonds.